The number of ether oxygens (including phenoxy) is 3. The standard InChI is InChI=1S/C28H34N10O6/c1-17(38(15-18-8-4-2-5-9-18)28(41)42-16-19-10-6-3-7-11-19)23-13-12-20(32-35-29)27(43-23)44-26-22(34-37-31)14-21(33-36-30)24(39)25(26)40/h2-11,17,20-27,39-40H,12-16H2,1H3. The summed E-state index contributed by atoms with van der Waals surface area (Å²) in [5.74, 6) is 0. The van der Waals surface area contributed by atoms with E-state index in [2.05, 4.69) is 30.1 Å². The van der Waals surface area contributed by atoms with E-state index < -0.39 is 61.0 Å². The van der Waals surface area contributed by atoms with E-state index in [4.69, 9.17) is 25.3 Å². The van der Waals surface area contributed by atoms with Crippen molar-refractivity contribution in [2.24, 2.45) is 15.3 Å². The van der Waals surface area contributed by atoms with Crippen LogP contribution in [0.3, 0.4) is 0 Å². The molecule has 2 fully saturated rings. The molecule has 0 aromatic heterocycles. The summed E-state index contributed by atoms with van der Waals surface area (Å²) < 4.78 is 18.0. The lowest BCUT2D eigenvalue weighted by atomic mass is 9.84. The van der Waals surface area contributed by atoms with E-state index in [0.717, 1.165) is 11.1 Å². The first-order valence-electron chi connectivity index (χ1n) is 14.2. The fraction of sp³-hybridized carbons (Fsp3) is 0.536. The van der Waals surface area contributed by atoms with Gasteiger partial charge in [-0.2, -0.15) is 0 Å². The van der Waals surface area contributed by atoms with Gasteiger partial charge < -0.3 is 24.4 Å². The molecule has 1 amide bonds. The van der Waals surface area contributed by atoms with Crippen LogP contribution in [-0.4, -0.2) is 76.1 Å². The second-order valence-electron chi connectivity index (χ2n) is 10.6. The number of carbonyl (C=O) groups excluding carboxylic acids is 1. The predicted molar refractivity (Wildman–Crippen MR) is 156 cm³/mol. The van der Waals surface area contributed by atoms with E-state index in [1.165, 1.54) is 0 Å². The van der Waals surface area contributed by atoms with Crippen molar-refractivity contribution in [3.63, 3.8) is 0 Å². The van der Waals surface area contributed by atoms with Gasteiger partial charge in [0.2, 0.25) is 0 Å². The molecule has 44 heavy (non-hydrogen) atoms. The van der Waals surface area contributed by atoms with E-state index in [-0.39, 0.29) is 19.6 Å². The van der Waals surface area contributed by atoms with Gasteiger partial charge in [-0.15, -0.1) is 0 Å². The Morgan fingerprint density at radius 1 is 0.909 bits per heavy atom. The molecule has 1 aliphatic heterocycles. The monoisotopic (exact) mass is 606 g/mol. The summed E-state index contributed by atoms with van der Waals surface area (Å²) in [6.07, 6.45) is -6.13. The zero-order valence-corrected chi connectivity index (χ0v) is 24.0. The van der Waals surface area contributed by atoms with Crippen LogP contribution in [0.4, 0.5) is 4.79 Å². The van der Waals surface area contributed by atoms with Crippen molar-refractivity contribution in [3.05, 3.63) is 103 Å². The SMILES string of the molecule is CC(C1CCC(N=[N+]=[N-])C(OC2C(N=[N+]=[N-])CC(N=[N+]=[N-])C(O)C2O)O1)N(Cc1ccccc1)C(=O)OCc1ccccc1. The highest BCUT2D eigenvalue weighted by atomic mass is 16.7. The zero-order chi connectivity index (χ0) is 31.5. The maximum absolute atomic E-state index is 13.5. The van der Waals surface area contributed by atoms with Gasteiger partial charge >= 0.3 is 6.09 Å². The van der Waals surface area contributed by atoms with Crippen LogP contribution in [0, 0.1) is 0 Å². The van der Waals surface area contributed by atoms with Crippen molar-refractivity contribution < 1.29 is 29.2 Å². The molecule has 16 heteroatoms. The molecule has 2 N–H and O–H groups in total. The third-order valence-corrected chi connectivity index (χ3v) is 7.87. The van der Waals surface area contributed by atoms with Gasteiger partial charge in [-0.05, 0) is 53.9 Å². The largest absolute Gasteiger partial charge is 0.445 e. The van der Waals surface area contributed by atoms with E-state index >= 15 is 0 Å². The van der Waals surface area contributed by atoms with Crippen LogP contribution in [0.15, 0.2) is 76.0 Å². The molecule has 2 aliphatic rings. The third kappa shape index (κ3) is 8.10. The van der Waals surface area contributed by atoms with Crippen LogP contribution in [0.5, 0.6) is 0 Å². The Kier molecular flexibility index (Phi) is 11.6. The number of rotatable bonds is 11. The minimum atomic E-state index is -1.61. The molecule has 0 bridgehead atoms. The fourth-order valence-corrected chi connectivity index (χ4v) is 5.47. The molecule has 9 unspecified atom stereocenters. The number of carbonyl (C=O) groups is 1. The second-order valence-corrected chi connectivity index (χ2v) is 10.6. The summed E-state index contributed by atoms with van der Waals surface area (Å²) in [6, 6.07) is 15.3. The summed E-state index contributed by atoms with van der Waals surface area (Å²) in [7, 11) is 0. The van der Waals surface area contributed by atoms with Gasteiger partial charge in [0, 0.05) is 21.3 Å². The summed E-state index contributed by atoms with van der Waals surface area (Å²) >= 11 is 0. The van der Waals surface area contributed by atoms with Crippen LogP contribution in [0.2, 0.25) is 0 Å². The second kappa shape index (κ2) is 15.8. The van der Waals surface area contributed by atoms with E-state index in [9.17, 15) is 20.5 Å². The number of hydrogen-bond donors (Lipinski definition) is 2. The highest BCUT2D eigenvalue weighted by Crippen LogP contribution is 2.34. The Hall–Kier alpha value is -4.52. The molecule has 1 aliphatic carbocycles. The van der Waals surface area contributed by atoms with Gasteiger partial charge in [-0.3, -0.25) is 4.90 Å². The average molecular weight is 607 g/mol. The number of amides is 1. The van der Waals surface area contributed by atoms with Gasteiger partial charge in [0.25, 0.3) is 0 Å². The average Bonchev–Trinajstić information content (AvgIpc) is 3.04. The van der Waals surface area contributed by atoms with E-state index in [1.807, 2.05) is 67.6 Å². The van der Waals surface area contributed by atoms with Crippen LogP contribution >= 0.6 is 0 Å². The topological polar surface area (TPSA) is 235 Å². The first kappa shape index (κ1) is 32.4. The van der Waals surface area contributed by atoms with Crippen molar-refractivity contribution in [2.75, 3.05) is 0 Å². The highest BCUT2D eigenvalue weighted by molar-refractivity contribution is 5.68. The Morgan fingerprint density at radius 3 is 2.14 bits per heavy atom. The number of hydrogen-bond acceptors (Lipinski definition) is 9. The Balaban J connectivity index is 1.55. The van der Waals surface area contributed by atoms with Crippen molar-refractivity contribution in [1.29, 1.82) is 0 Å². The van der Waals surface area contributed by atoms with Gasteiger partial charge in [0.05, 0.1) is 42.5 Å². The van der Waals surface area contributed by atoms with Crippen molar-refractivity contribution in [2.45, 2.75) is 94.2 Å². The molecule has 0 radical (unpaired) electrons. The Morgan fingerprint density at radius 2 is 1.50 bits per heavy atom. The molecule has 4 rings (SSSR count). The van der Waals surface area contributed by atoms with Gasteiger partial charge in [-0.1, -0.05) is 76.0 Å². The number of azide groups is 3. The van der Waals surface area contributed by atoms with Gasteiger partial charge in [0.1, 0.15) is 12.7 Å². The molecule has 232 valence electrons. The molecular formula is C28H34N10O6. The lowest BCUT2D eigenvalue weighted by Gasteiger charge is -2.45. The van der Waals surface area contributed by atoms with Crippen LogP contribution in [0.1, 0.15) is 37.3 Å². The normalized spacial score (nSPS) is 28.7. The summed E-state index contributed by atoms with van der Waals surface area (Å²) in [6.45, 7) is 2.12. The molecule has 0 spiro atoms. The van der Waals surface area contributed by atoms with Gasteiger partial charge in [0.15, 0.2) is 6.29 Å². The summed E-state index contributed by atoms with van der Waals surface area (Å²) in [4.78, 5) is 23.4. The van der Waals surface area contributed by atoms with E-state index in [0.29, 0.717) is 12.8 Å². The lowest BCUT2D eigenvalue weighted by Crippen LogP contribution is -2.58. The van der Waals surface area contributed by atoms with Crippen molar-refractivity contribution in [1.82, 2.24) is 4.90 Å². The molecule has 1 heterocycles. The van der Waals surface area contributed by atoms with Crippen LogP contribution < -0.4 is 0 Å². The molecule has 1 saturated carbocycles. The molecule has 9 atom stereocenters. The number of aliphatic hydroxyl groups excluding tert-OH is 2. The molecule has 2 aromatic carbocycles. The van der Waals surface area contributed by atoms with Crippen molar-refractivity contribution in [3.8, 4) is 0 Å². The minimum Gasteiger partial charge on any atom is -0.445 e. The van der Waals surface area contributed by atoms with Crippen LogP contribution in [-0.2, 0) is 27.4 Å². The number of nitrogens with zero attached hydrogens (tertiary/aromatic N) is 10. The number of benzene rings is 2. The minimum absolute atomic E-state index is 0.0768. The lowest BCUT2D eigenvalue weighted by molar-refractivity contribution is -0.259. The summed E-state index contributed by atoms with van der Waals surface area (Å²) in [5, 5.41) is 32.4. The maximum Gasteiger partial charge on any atom is 0.410 e. The van der Waals surface area contributed by atoms with E-state index in [1.54, 1.807) is 4.90 Å². The van der Waals surface area contributed by atoms with Crippen LogP contribution in [0.25, 0.3) is 31.3 Å². The Bertz CT molecular complexity index is 1380. The molecule has 1 saturated heterocycles. The quantitative estimate of drug-likeness (QED) is 0.196. The fourth-order valence-electron chi connectivity index (χ4n) is 5.47. The predicted octanol–water partition coefficient (Wildman–Crippen LogP) is 5.27. The first-order chi connectivity index (χ1) is 21.4. The molecule has 2 aromatic rings. The first-order valence-corrected chi connectivity index (χ1v) is 14.2. The number of aliphatic hydroxyl groups is 2. The molecule has 16 nitrogen and oxygen atoms in total. The maximum atomic E-state index is 13.5. The van der Waals surface area contributed by atoms with Crippen molar-refractivity contribution >= 4 is 6.09 Å². The highest BCUT2D eigenvalue weighted by Gasteiger charge is 2.47. The summed E-state index contributed by atoms with van der Waals surface area (Å²) in [5.41, 5.74) is 28.9. The smallest absolute Gasteiger partial charge is 0.410 e. The van der Waals surface area contributed by atoms with Gasteiger partial charge in [-0.25, -0.2) is 4.79 Å². The molecular weight excluding hydrogens is 572 g/mol. The Labute approximate surface area is 253 Å². The zero-order valence-electron chi connectivity index (χ0n) is 24.0. The third-order valence-electron chi connectivity index (χ3n) is 7.87.